The minimum atomic E-state index is -1.22. The predicted molar refractivity (Wildman–Crippen MR) is 69.9 cm³/mol. The number of hydrogen-bond donors (Lipinski definition) is 3. The number of amides is 1. The lowest BCUT2D eigenvalue weighted by Gasteiger charge is -2.26. The van der Waals surface area contributed by atoms with Crippen molar-refractivity contribution in [3.05, 3.63) is 11.1 Å². The molecule has 2 unspecified atom stereocenters. The number of morpholine rings is 1. The van der Waals surface area contributed by atoms with E-state index < -0.39 is 18.1 Å². The predicted octanol–water partition coefficient (Wildman–Crippen LogP) is -0.751. The molecule has 2 heterocycles. The van der Waals surface area contributed by atoms with Crippen molar-refractivity contribution in [2.24, 2.45) is 5.73 Å². The topological polar surface area (TPSA) is 109 Å². The van der Waals surface area contributed by atoms with Gasteiger partial charge in [0.1, 0.15) is 6.10 Å². The second-order valence-corrected chi connectivity index (χ2v) is 5.17. The first-order chi connectivity index (χ1) is 9.08. The highest BCUT2D eigenvalue weighted by molar-refractivity contribution is 7.13. The molecule has 0 aromatic carbocycles. The molecule has 2 rings (SSSR count). The molecule has 19 heavy (non-hydrogen) atoms. The lowest BCUT2D eigenvalue weighted by molar-refractivity contribution is -0.121. The van der Waals surface area contributed by atoms with Gasteiger partial charge in [0.05, 0.1) is 31.4 Å². The summed E-state index contributed by atoms with van der Waals surface area (Å²) in [5.74, 6) is -0.657. The molecule has 7 nitrogen and oxygen atoms in total. The minimum absolute atomic E-state index is 0.286. The van der Waals surface area contributed by atoms with Crippen LogP contribution in [0, 0.1) is 0 Å². The highest BCUT2D eigenvalue weighted by Crippen LogP contribution is 2.26. The van der Waals surface area contributed by atoms with Crippen molar-refractivity contribution in [3.63, 3.8) is 0 Å². The summed E-state index contributed by atoms with van der Waals surface area (Å²) in [5, 5.41) is 22.0. The van der Waals surface area contributed by atoms with E-state index in [0.29, 0.717) is 18.9 Å². The molecule has 1 aromatic heterocycles. The lowest BCUT2D eigenvalue weighted by Crippen LogP contribution is -2.36. The molecule has 4 N–H and O–H groups in total. The third-order valence-electron chi connectivity index (χ3n) is 2.87. The van der Waals surface area contributed by atoms with Crippen LogP contribution in [0.25, 0.3) is 0 Å². The number of carbonyl (C=O) groups excluding carboxylic acids is 1. The maximum absolute atomic E-state index is 10.7. The van der Waals surface area contributed by atoms with Gasteiger partial charge in [0.25, 0.3) is 0 Å². The number of nitrogens with two attached hydrogens (primary N) is 1. The third kappa shape index (κ3) is 3.63. The van der Waals surface area contributed by atoms with Gasteiger partial charge in [-0.25, -0.2) is 4.98 Å². The van der Waals surface area contributed by atoms with Gasteiger partial charge in [0.15, 0.2) is 5.13 Å². The summed E-state index contributed by atoms with van der Waals surface area (Å²) in [5.41, 5.74) is 5.34. The van der Waals surface area contributed by atoms with Crippen LogP contribution in [-0.4, -0.2) is 53.5 Å². The van der Waals surface area contributed by atoms with Crippen LogP contribution in [0.1, 0.15) is 18.2 Å². The van der Waals surface area contributed by atoms with Gasteiger partial charge in [0.2, 0.25) is 5.91 Å². The van der Waals surface area contributed by atoms with E-state index in [1.54, 1.807) is 5.38 Å². The van der Waals surface area contributed by atoms with Gasteiger partial charge < -0.3 is 25.6 Å². The Morgan fingerprint density at radius 3 is 2.84 bits per heavy atom. The largest absolute Gasteiger partial charge is 0.389 e. The average molecular weight is 287 g/mol. The Balaban J connectivity index is 2.01. The molecule has 1 fully saturated rings. The number of primary amides is 1. The fraction of sp³-hybridized carbons (Fsp3) is 0.636. The summed E-state index contributed by atoms with van der Waals surface area (Å²) in [6.07, 6.45) is -2.71. The maximum Gasteiger partial charge on any atom is 0.220 e. The van der Waals surface area contributed by atoms with Gasteiger partial charge in [-0.3, -0.25) is 4.79 Å². The molecule has 106 valence electrons. The molecular formula is C11H17N3O4S. The first-order valence-electron chi connectivity index (χ1n) is 6.00. The van der Waals surface area contributed by atoms with Crippen LogP contribution in [0.2, 0.25) is 0 Å². The third-order valence-corrected chi connectivity index (χ3v) is 3.79. The number of carbonyl (C=O) groups is 1. The molecule has 8 heteroatoms. The standard InChI is InChI=1S/C11H17N3O4S/c12-9(16)5-8(15)10(17)7-6-19-11(13-7)14-1-3-18-4-2-14/h6,8,10,15,17H,1-5H2,(H2,12,16). The molecule has 0 radical (unpaired) electrons. The van der Waals surface area contributed by atoms with Crippen LogP contribution in [0.4, 0.5) is 5.13 Å². The Hall–Kier alpha value is -1.22. The van der Waals surface area contributed by atoms with E-state index in [9.17, 15) is 15.0 Å². The number of aromatic nitrogens is 1. The van der Waals surface area contributed by atoms with Gasteiger partial charge in [0, 0.05) is 18.5 Å². The SMILES string of the molecule is NC(=O)CC(O)C(O)c1csc(N2CCOCC2)n1. The van der Waals surface area contributed by atoms with Crippen LogP contribution < -0.4 is 10.6 Å². The van der Waals surface area contributed by atoms with Crippen molar-refractivity contribution in [2.75, 3.05) is 31.2 Å². The summed E-state index contributed by atoms with van der Waals surface area (Å²) in [7, 11) is 0. The van der Waals surface area contributed by atoms with Crippen LogP contribution >= 0.6 is 11.3 Å². The molecule has 0 bridgehead atoms. The van der Waals surface area contributed by atoms with Crippen molar-refractivity contribution in [1.82, 2.24) is 4.98 Å². The van der Waals surface area contributed by atoms with E-state index in [4.69, 9.17) is 10.5 Å². The number of aliphatic hydroxyl groups is 2. The fourth-order valence-electron chi connectivity index (χ4n) is 1.83. The quantitative estimate of drug-likeness (QED) is 0.657. The molecule has 1 aromatic rings. The van der Waals surface area contributed by atoms with E-state index in [2.05, 4.69) is 9.88 Å². The molecule has 1 amide bonds. The highest BCUT2D eigenvalue weighted by atomic mass is 32.1. The van der Waals surface area contributed by atoms with E-state index in [1.165, 1.54) is 11.3 Å². The number of thiazole rings is 1. The zero-order valence-corrected chi connectivity index (χ0v) is 11.2. The first kappa shape index (κ1) is 14.2. The summed E-state index contributed by atoms with van der Waals surface area (Å²) in [6.45, 7) is 2.82. The van der Waals surface area contributed by atoms with Gasteiger partial charge in [-0.15, -0.1) is 11.3 Å². The monoisotopic (exact) mass is 287 g/mol. The molecule has 1 aliphatic rings. The minimum Gasteiger partial charge on any atom is -0.389 e. The Bertz CT molecular complexity index is 433. The number of hydrogen-bond acceptors (Lipinski definition) is 7. The zero-order valence-electron chi connectivity index (χ0n) is 10.4. The molecule has 1 aliphatic heterocycles. The Morgan fingerprint density at radius 1 is 1.53 bits per heavy atom. The number of ether oxygens (including phenoxy) is 1. The number of nitrogens with zero attached hydrogens (tertiary/aromatic N) is 2. The number of rotatable bonds is 5. The molecule has 1 saturated heterocycles. The van der Waals surface area contributed by atoms with Crippen molar-refractivity contribution in [1.29, 1.82) is 0 Å². The number of anilines is 1. The average Bonchev–Trinajstić information content (AvgIpc) is 2.87. The smallest absolute Gasteiger partial charge is 0.220 e. The molecule has 0 spiro atoms. The van der Waals surface area contributed by atoms with E-state index in [0.717, 1.165) is 18.2 Å². The van der Waals surface area contributed by atoms with Crippen LogP contribution in [0.3, 0.4) is 0 Å². The Morgan fingerprint density at radius 2 is 2.21 bits per heavy atom. The summed E-state index contributed by atoms with van der Waals surface area (Å²) in [4.78, 5) is 17.1. The normalized spacial score (nSPS) is 19.2. The second-order valence-electron chi connectivity index (χ2n) is 4.34. The van der Waals surface area contributed by atoms with E-state index in [-0.39, 0.29) is 6.42 Å². The van der Waals surface area contributed by atoms with Crippen LogP contribution in [0.15, 0.2) is 5.38 Å². The highest BCUT2D eigenvalue weighted by Gasteiger charge is 2.24. The van der Waals surface area contributed by atoms with Crippen molar-refractivity contribution >= 4 is 22.4 Å². The van der Waals surface area contributed by atoms with Gasteiger partial charge in [-0.05, 0) is 0 Å². The van der Waals surface area contributed by atoms with Crippen molar-refractivity contribution in [3.8, 4) is 0 Å². The zero-order chi connectivity index (χ0) is 13.8. The molecule has 0 aliphatic carbocycles. The van der Waals surface area contributed by atoms with Gasteiger partial charge in [-0.1, -0.05) is 0 Å². The Kier molecular flexibility index (Phi) is 4.70. The second kappa shape index (κ2) is 6.29. The Labute approximate surface area is 114 Å². The molecule has 0 saturated carbocycles. The van der Waals surface area contributed by atoms with Crippen molar-refractivity contribution in [2.45, 2.75) is 18.6 Å². The summed E-state index contributed by atoms with van der Waals surface area (Å²) >= 11 is 1.39. The summed E-state index contributed by atoms with van der Waals surface area (Å²) < 4.78 is 5.25. The summed E-state index contributed by atoms with van der Waals surface area (Å²) in [6, 6.07) is 0. The van der Waals surface area contributed by atoms with Gasteiger partial charge in [-0.2, -0.15) is 0 Å². The fourth-order valence-corrected chi connectivity index (χ4v) is 2.73. The maximum atomic E-state index is 10.7. The molecular weight excluding hydrogens is 270 g/mol. The first-order valence-corrected chi connectivity index (χ1v) is 6.88. The van der Waals surface area contributed by atoms with Crippen molar-refractivity contribution < 1.29 is 19.7 Å². The van der Waals surface area contributed by atoms with Crippen LogP contribution in [0.5, 0.6) is 0 Å². The number of aliphatic hydroxyl groups excluding tert-OH is 2. The molecule has 2 atom stereocenters. The lowest BCUT2D eigenvalue weighted by atomic mass is 10.1. The van der Waals surface area contributed by atoms with Gasteiger partial charge >= 0.3 is 0 Å². The van der Waals surface area contributed by atoms with E-state index in [1.807, 2.05) is 0 Å². The van der Waals surface area contributed by atoms with E-state index >= 15 is 0 Å². The van der Waals surface area contributed by atoms with Crippen LogP contribution in [-0.2, 0) is 9.53 Å².